The van der Waals surface area contributed by atoms with Crippen molar-refractivity contribution >= 4 is 0 Å². The molecule has 0 saturated carbocycles. The van der Waals surface area contributed by atoms with E-state index in [0.717, 1.165) is 31.1 Å². The molecule has 0 radical (unpaired) electrons. The van der Waals surface area contributed by atoms with E-state index in [9.17, 15) is 8.78 Å². The van der Waals surface area contributed by atoms with E-state index in [1.165, 1.54) is 12.1 Å². The molecule has 114 valence electrons. The first kappa shape index (κ1) is 15.7. The zero-order valence-corrected chi connectivity index (χ0v) is 12.3. The molecule has 1 aromatic heterocycles. The van der Waals surface area contributed by atoms with Gasteiger partial charge in [-0.05, 0) is 50.8 Å². The Morgan fingerprint density at radius 1 is 1.24 bits per heavy atom. The normalized spacial score (nSPS) is 12.8. The highest BCUT2D eigenvalue weighted by Gasteiger charge is 2.13. The molecule has 1 unspecified atom stereocenters. The smallest absolute Gasteiger partial charge is 0.126 e. The van der Waals surface area contributed by atoms with Gasteiger partial charge in [0.25, 0.3) is 0 Å². The number of furan rings is 1. The molecule has 1 N–H and O–H groups in total. The van der Waals surface area contributed by atoms with Crippen LogP contribution in [0, 0.1) is 11.6 Å². The number of halogens is 2. The molecular formula is C16H20F2N2O. The van der Waals surface area contributed by atoms with Crippen molar-refractivity contribution in [3.05, 3.63) is 59.6 Å². The van der Waals surface area contributed by atoms with Crippen molar-refractivity contribution in [3.8, 4) is 0 Å². The highest BCUT2D eigenvalue weighted by molar-refractivity contribution is 5.21. The first-order chi connectivity index (χ1) is 10.1. The number of nitrogens with one attached hydrogen (secondary N) is 1. The molecule has 0 fully saturated rings. The van der Waals surface area contributed by atoms with Crippen molar-refractivity contribution in [2.45, 2.75) is 19.0 Å². The zero-order valence-electron chi connectivity index (χ0n) is 12.3. The molecule has 5 heteroatoms. The number of hydrogen-bond donors (Lipinski definition) is 1. The van der Waals surface area contributed by atoms with E-state index in [4.69, 9.17) is 4.42 Å². The van der Waals surface area contributed by atoms with Crippen LogP contribution >= 0.6 is 0 Å². The summed E-state index contributed by atoms with van der Waals surface area (Å²) in [4.78, 5) is 2.14. The minimum atomic E-state index is -0.544. The van der Waals surface area contributed by atoms with Gasteiger partial charge in [0.2, 0.25) is 0 Å². The summed E-state index contributed by atoms with van der Waals surface area (Å²) in [5, 5.41) is 3.11. The van der Waals surface area contributed by atoms with Crippen molar-refractivity contribution in [1.29, 1.82) is 0 Å². The van der Waals surface area contributed by atoms with Gasteiger partial charge < -0.3 is 14.6 Å². The average Bonchev–Trinajstić information content (AvgIpc) is 2.91. The molecule has 0 aliphatic carbocycles. The van der Waals surface area contributed by atoms with Crippen molar-refractivity contribution < 1.29 is 13.2 Å². The average molecular weight is 294 g/mol. The number of benzene rings is 1. The van der Waals surface area contributed by atoms with Crippen molar-refractivity contribution in [2.75, 3.05) is 20.6 Å². The van der Waals surface area contributed by atoms with Crippen molar-refractivity contribution in [2.24, 2.45) is 0 Å². The maximum absolute atomic E-state index is 13.3. The number of rotatable bonds is 7. The molecule has 0 aliphatic rings. The van der Waals surface area contributed by atoms with Crippen LogP contribution in [0.15, 0.2) is 41.2 Å². The quantitative estimate of drug-likeness (QED) is 0.849. The van der Waals surface area contributed by atoms with Crippen LogP contribution < -0.4 is 5.32 Å². The fourth-order valence-corrected chi connectivity index (χ4v) is 2.38. The summed E-state index contributed by atoms with van der Waals surface area (Å²) < 4.78 is 31.6. The maximum Gasteiger partial charge on any atom is 0.126 e. The van der Waals surface area contributed by atoms with Crippen LogP contribution in [0.5, 0.6) is 0 Å². The largest absolute Gasteiger partial charge is 0.472 e. The lowest BCUT2D eigenvalue weighted by Crippen LogP contribution is -2.25. The Bertz CT molecular complexity index is 537. The topological polar surface area (TPSA) is 28.4 Å². The predicted molar refractivity (Wildman–Crippen MR) is 77.8 cm³/mol. The van der Waals surface area contributed by atoms with Gasteiger partial charge in [-0.2, -0.15) is 0 Å². The highest BCUT2D eigenvalue weighted by Crippen LogP contribution is 2.19. The second-order valence-electron chi connectivity index (χ2n) is 5.20. The van der Waals surface area contributed by atoms with Gasteiger partial charge in [0, 0.05) is 24.2 Å². The third-order valence-electron chi connectivity index (χ3n) is 3.47. The Hall–Kier alpha value is -1.72. The Balaban J connectivity index is 1.92. The molecule has 0 amide bonds. The van der Waals surface area contributed by atoms with Crippen LogP contribution in [-0.4, -0.2) is 25.5 Å². The monoisotopic (exact) mass is 294 g/mol. The third-order valence-corrected chi connectivity index (χ3v) is 3.47. The standard InChI is InChI=1S/C16H20F2N2O/c1-19-16(13-7-14(17)9-15(18)8-13)3-5-20(2)10-12-4-6-21-11-12/h4,6-9,11,16,19H,3,5,10H2,1-2H3. The molecule has 0 bridgehead atoms. The molecule has 0 aliphatic heterocycles. The molecule has 1 aromatic carbocycles. The lowest BCUT2D eigenvalue weighted by molar-refractivity contribution is 0.302. The van der Waals surface area contributed by atoms with Crippen LogP contribution in [0.25, 0.3) is 0 Å². The van der Waals surface area contributed by atoms with E-state index in [2.05, 4.69) is 10.2 Å². The SMILES string of the molecule is CNC(CCN(C)Cc1ccoc1)c1cc(F)cc(F)c1. The summed E-state index contributed by atoms with van der Waals surface area (Å²) in [7, 11) is 3.80. The van der Waals surface area contributed by atoms with Crippen LogP contribution in [0.4, 0.5) is 8.78 Å². The van der Waals surface area contributed by atoms with Gasteiger partial charge in [0.05, 0.1) is 12.5 Å². The first-order valence-corrected chi connectivity index (χ1v) is 6.91. The summed E-state index contributed by atoms with van der Waals surface area (Å²) in [6, 6.07) is 5.48. The number of nitrogens with zero attached hydrogens (tertiary/aromatic N) is 1. The third kappa shape index (κ3) is 4.65. The Morgan fingerprint density at radius 3 is 2.52 bits per heavy atom. The van der Waals surface area contributed by atoms with Crippen molar-refractivity contribution in [1.82, 2.24) is 10.2 Å². The van der Waals surface area contributed by atoms with Gasteiger partial charge in [0.15, 0.2) is 0 Å². The van der Waals surface area contributed by atoms with Gasteiger partial charge in [0.1, 0.15) is 11.6 Å². The minimum absolute atomic E-state index is 0.0815. The Morgan fingerprint density at radius 2 is 1.95 bits per heavy atom. The second kappa shape index (κ2) is 7.33. The van der Waals surface area contributed by atoms with E-state index in [1.54, 1.807) is 19.6 Å². The van der Waals surface area contributed by atoms with E-state index < -0.39 is 11.6 Å². The Kier molecular flexibility index (Phi) is 5.47. The Labute approximate surface area is 123 Å². The molecular weight excluding hydrogens is 274 g/mol. The van der Waals surface area contributed by atoms with E-state index in [1.807, 2.05) is 13.1 Å². The molecule has 0 spiro atoms. The van der Waals surface area contributed by atoms with Gasteiger partial charge in [-0.25, -0.2) is 8.78 Å². The molecule has 21 heavy (non-hydrogen) atoms. The summed E-state index contributed by atoms with van der Waals surface area (Å²) in [5.41, 5.74) is 1.74. The summed E-state index contributed by atoms with van der Waals surface area (Å²) in [5.74, 6) is -1.09. The van der Waals surface area contributed by atoms with E-state index in [0.29, 0.717) is 5.56 Å². The van der Waals surface area contributed by atoms with E-state index >= 15 is 0 Å². The van der Waals surface area contributed by atoms with Crippen LogP contribution in [0.2, 0.25) is 0 Å². The van der Waals surface area contributed by atoms with Gasteiger partial charge in [-0.15, -0.1) is 0 Å². The molecule has 1 atom stereocenters. The lowest BCUT2D eigenvalue weighted by Gasteiger charge is -2.21. The molecule has 0 saturated heterocycles. The number of hydrogen-bond acceptors (Lipinski definition) is 3. The minimum Gasteiger partial charge on any atom is -0.472 e. The predicted octanol–water partition coefficient (Wildman–Crippen LogP) is 3.34. The lowest BCUT2D eigenvalue weighted by atomic mass is 10.0. The van der Waals surface area contributed by atoms with E-state index in [-0.39, 0.29) is 6.04 Å². The van der Waals surface area contributed by atoms with Crippen molar-refractivity contribution in [3.63, 3.8) is 0 Å². The highest BCUT2D eigenvalue weighted by atomic mass is 19.1. The first-order valence-electron chi connectivity index (χ1n) is 6.91. The maximum atomic E-state index is 13.3. The molecule has 2 rings (SSSR count). The summed E-state index contributed by atoms with van der Waals surface area (Å²) >= 11 is 0. The second-order valence-corrected chi connectivity index (χ2v) is 5.20. The fraction of sp³-hybridized carbons (Fsp3) is 0.375. The van der Waals surface area contributed by atoms with Gasteiger partial charge >= 0.3 is 0 Å². The molecule has 2 aromatic rings. The summed E-state index contributed by atoms with van der Waals surface area (Å²) in [6.45, 7) is 1.58. The molecule has 3 nitrogen and oxygen atoms in total. The zero-order chi connectivity index (χ0) is 15.2. The molecule has 1 heterocycles. The van der Waals surface area contributed by atoms with Gasteiger partial charge in [-0.3, -0.25) is 0 Å². The summed E-state index contributed by atoms with van der Waals surface area (Å²) in [6.07, 6.45) is 4.12. The van der Waals surface area contributed by atoms with Crippen LogP contribution in [0.3, 0.4) is 0 Å². The van der Waals surface area contributed by atoms with Crippen LogP contribution in [0.1, 0.15) is 23.6 Å². The van der Waals surface area contributed by atoms with Gasteiger partial charge in [-0.1, -0.05) is 0 Å². The fourth-order valence-electron chi connectivity index (χ4n) is 2.38. The van der Waals surface area contributed by atoms with Crippen LogP contribution in [-0.2, 0) is 6.54 Å².